The predicted octanol–water partition coefficient (Wildman–Crippen LogP) is 5.55. The van der Waals surface area contributed by atoms with Crippen molar-refractivity contribution in [3.8, 4) is 5.75 Å². The highest BCUT2D eigenvalue weighted by atomic mass is 35.5. The first-order chi connectivity index (χ1) is 20.2. The Hall–Kier alpha value is -2.48. The van der Waals surface area contributed by atoms with Crippen LogP contribution in [0.25, 0.3) is 0 Å². The van der Waals surface area contributed by atoms with Gasteiger partial charge in [0.05, 0.1) is 18.4 Å². The van der Waals surface area contributed by atoms with Gasteiger partial charge in [0, 0.05) is 44.6 Å². The molecule has 3 aliphatic carbocycles. The molecule has 2 N–H and O–H groups in total. The number of ether oxygens (including phenoxy) is 1. The first-order valence-electron chi connectivity index (χ1n) is 15.5. The highest BCUT2D eigenvalue weighted by molar-refractivity contribution is 7.99. The molecule has 1 spiro atoms. The Morgan fingerprint density at radius 1 is 1.10 bits per heavy atom. The van der Waals surface area contributed by atoms with Crippen LogP contribution in [0.2, 0.25) is 5.02 Å². The van der Waals surface area contributed by atoms with Gasteiger partial charge in [-0.3, -0.25) is 9.52 Å². The van der Waals surface area contributed by atoms with Crippen LogP contribution in [0.15, 0.2) is 48.6 Å². The maximum Gasteiger partial charge on any atom is 0.262 e. The number of hydrogen-bond donors (Lipinski definition) is 2. The molecule has 0 radical (unpaired) electrons. The summed E-state index contributed by atoms with van der Waals surface area (Å²) in [7, 11) is -2.84. The maximum atomic E-state index is 13.6. The van der Waals surface area contributed by atoms with Crippen molar-refractivity contribution >= 4 is 38.8 Å². The summed E-state index contributed by atoms with van der Waals surface area (Å²) in [4.78, 5) is 15.9. The number of fused-ring (bicyclic) bond motifs is 4. The number of amides is 1. The normalized spacial score (nSPS) is 35.6. The van der Waals surface area contributed by atoms with Crippen molar-refractivity contribution in [1.29, 1.82) is 0 Å². The number of halogens is 1. The van der Waals surface area contributed by atoms with E-state index in [0.717, 1.165) is 80.9 Å². The second-order valence-corrected chi connectivity index (χ2v) is 16.0. The Kier molecular flexibility index (Phi) is 7.35. The van der Waals surface area contributed by atoms with E-state index in [1.165, 1.54) is 11.1 Å². The third-order valence-corrected chi connectivity index (χ3v) is 12.3. The number of aryl methyl sites for hydroxylation is 1. The maximum absolute atomic E-state index is 13.6. The number of benzene rings is 2. The summed E-state index contributed by atoms with van der Waals surface area (Å²) in [5.74, 6) is 5.94. The van der Waals surface area contributed by atoms with Gasteiger partial charge in [0.15, 0.2) is 0 Å². The zero-order chi connectivity index (χ0) is 29.1. The fourth-order valence-corrected chi connectivity index (χ4v) is 9.76. The van der Waals surface area contributed by atoms with Crippen molar-refractivity contribution in [2.45, 2.75) is 62.9 Å². The molecule has 8 heteroatoms. The Balaban J connectivity index is 1.27. The van der Waals surface area contributed by atoms with E-state index in [-0.39, 0.29) is 23.2 Å². The van der Waals surface area contributed by atoms with Crippen molar-refractivity contribution in [3.63, 3.8) is 0 Å². The summed E-state index contributed by atoms with van der Waals surface area (Å²) in [5, 5.41) is 12.0. The Bertz CT molecular complexity index is 1520. The van der Waals surface area contributed by atoms with Crippen molar-refractivity contribution in [3.05, 3.63) is 70.3 Å². The van der Waals surface area contributed by atoms with Gasteiger partial charge in [-0.1, -0.05) is 29.8 Å². The molecule has 2 aliphatic heterocycles. The Labute approximate surface area is 254 Å². The van der Waals surface area contributed by atoms with Crippen molar-refractivity contribution in [1.82, 2.24) is 4.72 Å². The van der Waals surface area contributed by atoms with Crippen LogP contribution in [-0.2, 0) is 21.5 Å². The Morgan fingerprint density at radius 3 is 2.71 bits per heavy atom. The number of aliphatic hydroxyl groups excluding tert-OH is 1. The van der Waals surface area contributed by atoms with E-state index in [1.54, 1.807) is 6.07 Å². The molecule has 2 fully saturated rings. The molecular formula is C34H41ClN2O4S. The molecule has 1 unspecified atom stereocenters. The minimum atomic E-state index is -2.84. The van der Waals surface area contributed by atoms with E-state index >= 15 is 0 Å². The molecule has 2 bridgehead atoms. The molecule has 0 saturated heterocycles. The van der Waals surface area contributed by atoms with Crippen LogP contribution in [-0.4, -0.2) is 52.6 Å². The average Bonchev–Trinajstić information content (AvgIpc) is 3.78. The first-order valence-corrected chi connectivity index (χ1v) is 17.8. The first kappa shape index (κ1) is 28.3. The van der Waals surface area contributed by atoms with E-state index in [2.05, 4.69) is 33.7 Å². The number of aliphatic hydroxyl groups is 1. The van der Waals surface area contributed by atoms with Gasteiger partial charge in [0.1, 0.15) is 5.75 Å². The minimum absolute atomic E-state index is 0.184. The lowest BCUT2D eigenvalue weighted by atomic mass is 9.68. The number of nitrogens with zero attached hydrogens (tertiary/aromatic N) is 1. The number of allylic oxidation sites excluding steroid dienone is 1. The van der Waals surface area contributed by atoms with Crippen LogP contribution in [0.1, 0.15) is 66.4 Å². The molecule has 2 saturated carbocycles. The molecule has 0 aromatic heterocycles. The van der Waals surface area contributed by atoms with Gasteiger partial charge in [-0.15, -0.1) is 0 Å². The molecule has 42 heavy (non-hydrogen) atoms. The highest BCUT2D eigenvalue weighted by Crippen LogP contribution is 2.47. The van der Waals surface area contributed by atoms with Crippen molar-refractivity contribution in [2.24, 2.45) is 23.7 Å². The molecule has 7 rings (SSSR count). The number of carbonyl (C=O) groups excluding carboxylic acids is 1. The van der Waals surface area contributed by atoms with E-state index in [4.69, 9.17) is 16.3 Å². The second-order valence-electron chi connectivity index (χ2n) is 13.4. The third-order valence-electron chi connectivity index (χ3n) is 10.5. The smallest absolute Gasteiger partial charge is 0.262 e. The lowest BCUT2D eigenvalue weighted by Crippen LogP contribution is -2.49. The molecule has 2 heterocycles. The monoisotopic (exact) mass is 608 g/mol. The van der Waals surface area contributed by atoms with Crippen molar-refractivity contribution in [2.75, 3.05) is 30.3 Å². The lowest BCUT2D eigenvalue weighted by molar-refractivity contribution is 0.0455. The van der Waals surface area contributed by atoms with Gasteiger partial charge in [-0.25, -0.2) is 4.21 Å². The molecule has 6 nitrogen and oxygen atoms in total. The number of carbonyl (C=O) groups is 1. The number of anilines is 1. The van der Waals surface area contributed by atoms with Gasteiger partial charge in [-0.05, 0) is 122 Å². The fraction of sp³-hybridized carbons (Fsp3) is 0.529. The quantitative estimate of drug-likeness (QED) is 0.328. The molecule has 2 aromatic carbocycles. The number of hydrogen-bond acceptors (Lipinski definition) is 5. The van der Waals surface area contributed by atoms with Crippen molar-refractivity contribution < 1.29 is 18.8 Å². The summed E-state index contributed by atoms with van der Waals surface area (Å²) in [6.07, 6.45) is 11.7. The third kappa shape index (κ3) is 5.48. The van der Waals surface area contributed by atoms with Gasteiger partial charge in [0.25, 0.3) is 5.91 Å². The summed E-state index contributed by atoms with van der Waals surface area (Å²) < 4.78 is 22.9. The Morgan fingerprint density at radius 2 is 1.93 bits per heavy atom. The van der Waals surface area contributed by atoms with Crippen LogP contribution in [0, 0.1) is 23.7 Å². The topological polar surface area (TPSA) is 78.9 Å². The number of rotatable bonds is 1. The second kappa shape index (κ2) is 10.9. The largest absolute Gasteiger partial charge is 0.490 e. The van der Waals surface area contributed by atoms with Crippen LogP contribution in [0.5, 0.6) is 5.75 Å². The average molecular weight is 609 g/mol. The van der Waals surface area contributed by atoms with Crippen LogP contribution < -0.4 is 14.4 Å². The standard InChI is InChI=1S/C34H41ClN2O4S/c1-42(40)19-26(22-7-8-22)4-2-6-31(38)28-12-9-25(28)18-37-20-34(15-3-5-23-16-27(35)11-13-29(23)34)21-41-32-14-10-24(17-30(32)37)33(39)36-42/h2,6,10-11,13-14,16-17,22,25-26,28,31,38H,1,3-5,7-9,12,15,18-21H2,(H,36,39,40)/b6-2+/t25-,26+,28+,31-,34-,42?/m0/s1. The SMILES string of the molecule is C=S1(=O)C[C@H](C2CC2)C/C=C/[C@H](O)[C@@H]2CC[C@H]2CN2C[C@@]3(CCCc4cc(Cl)ccc43)COc3ccc(cc32)C(=O)N1. The summed E-state index contributed by atoms with van der Waals surface area (Å²) in [5.41, 5.74) is 3.72. The minimum Gasteiger partial charge on any atom is -0.490 e. The van der Waals surface area contributed by atoms with Crippen LogP contribution >= 0.6 is 11.6 Å². The lowest BCUT2D eigenvalue weighted by Gasteiger charge is -2.45. The molecule has 224 valence electrons. The molecule has 5 aliphatic rings. The molecule has 1 amide bonds. The van der Waals surface area contributed by atoms with Gasteiger partial charge in [0.2, 0.25) is 0 Å². The summed E-state index contributed by atoms with van der Waals surface area (Å²) >= 11 is 6.40. The molecular weight excluding hydrogens is 568 g/mol. The summed E-state index contributed by atoms with van der Waals surface area (Å²) in [6.45, 7) is 2.08. The zero-order valence-corrected chi connectivity index (χ0v) is 25.7. The van der Waals surface area contributed by atoms with E-state index in [1.807, 2.05) is 24.3 Å². The van der Waals surface area contributed by atoms with Gasteiger partial charge < -0.3 is 14.7 Å². The van der Waals surface area contributed by atoms with Gasteiger partial charge in [-0.2, -0.15) is 0 Å². The predicted molar refractivity (Wildman–Crippen MR) is 170 cm³/mol. The van der Waals surface area contributed by atoms with E-state index < -0.39 is 15.8 Å². The molecule has 6 atom stereocenters. The summed E-state index contributed by atoms with van der Waals surface area (Å²) in [6, 6.07) is 11.8. The number of nitrogens with one attached hydrogen (secondary N) is 1. The fourth-order valence-electron chi connectivity index (χ4n) is 7.92. The molecule has 2 aromatic rings. The van der Waals surface area contributed by atoms with E-state index in [0.29, 0.717) is 29.8 Å². The van der Waals surface area contributed by atoms with E-state index in [9.17, 15) is 14.1 Å². The van der Waals surface area contributed by atoms with Crippen LogP contribution in [0.4, 0.5) is 5.69 Å². The van der Waals surface area contributed by atoms with Crippen LogP contribution in [0.3, 0.4) is 0 Å². The zero-order valence-electron chi connectivity index (χ0n) is 24.1. The highest BCUT2D eigenvalue weighted by Gasteiger charge is 2.44. The van der Waals surface area contributed by atoms with Gasteiger partial charge >= 0.3 is 0 Å².